The normalized spacial score (nSPS) is 41.6. The van der Waals surface area contributed by atoms with Crippen LogP contribution in [0.2, 0.25) is 20.9 Å². The molecule has 0 atom stereocenters. The Balaban J connectivity index is 3.56. The van der Waals surface area contributed by atoms with Crippen molar-refractivity contribution in [3.8, 4) is 0 Å². The van der Waals surface area contributed by atoms with E-state index >= 15 is 0 Å². The molecule has 0 saturated heterocycles. The number of hydrogen-bond donors (Lipinski definition) is 1. The van der Waals surface area contributed by atoms with Gasteiger partial charge < -0.3 is 5.11 Å². The molecule has 0 radical (unpaired) electrons. The highest BCUT2D eigenvalue weighted by Crippen LogP contribution is 2.73. The van der Waals surface area contributed by atoms with Crippen LogP contribution in [0.1, 0.15) is 6.92 Å². The molecule has 1 aliphatic rings. The first-order chi connectivity index (χ1) is 7.15. The maximum absolute atomic E-state index is 11.2. The SMILES string of the molecule is BC1(B)C(C)C(B)(B)C(B)(B)C(B)(O)C1(B)B. The predicted molar refractivity (Wildman–Crippen MR) is 102 cm³/mol. The molecule has 0 aromatic heterocycles. The standard InChI is InChI=1S/C7H23B9O/c1-2-3(8,9)5(12,13)7(16,17)6(14,15)4(2,10)11/h2,17H,8-16H2,1H3. The molecule has 1 saturated carbocycles. The van der Waals surface area contributed by atoms with E-state index in [0.29, 0.717) is 5.92 Å². The van der Waals surface area contributed by atoms with E-state index in [0.717, 1.165) is 0 Å². The Hall–Kier alpha value is 0.544. The molecule has 1 fully saturated rings. The summed E-state index contributed by atoms with van der Waals surface area (Å²) in [6.07, 6.45) is 0. The van der Waals surface area contributed by atoms with Crippen LogP contribution in [-0.4, -0.2) is 81.2 Å². The molecule has 1 N–H and O–H groups in total. The quantitative estimate of drug-likeness (QED) is 0.402. The molecule has 0 heterocycles. The largest absolute Gasteiger partial charge is 0.401 e. The second kappa shape index (κ2) is 3.55. The number of rotatable bonds is 0. The number of hydrogen-bond acceptors (Lipinski definition) is 1. The summed E-state index contributed by atoms with van der Waals surface area (Å²) in [7, 11) is 20.2. The van der Waals surface area contributed by atoms with Gasteiger partial charge in [-0.1, -0.05) is 33.7 Å². The second-order valence-corrected chi connectivity index (χ2v) is 8.49. The van der Waals surface area contributed by atoms with Crippen molar-refractivity contribution in [1.29, 1.82) is 0 Å². The first kappa shape index (κ1) is 15.6. The van der Waals surface area contributed by atoms with Gasteiger partial charge in [-0.25, -0.2) is 0 Å². The lowest BCUT2D eigenvalue weighted by atomic mass is 9.05. The van der Waals surface area contributed by atoms with Crippen LogP contribution in [0.25, 0.3) is 0 Å². The molecular weight excluding hydrogens is 197 g/mol. The van der Waals surface area contributed by atoms with E-state index in [9.17, 15) is 5.11 Å². The van der Waals surface area contributed by atoms with Crippen molar-refractivity contribution in [1.82, 2.24) is 0 Å². The van der Waals surface area contributed by atoms with Crippen LogP contribution >= 0.6 is 0 Å². The molecule has 1 nitrogen and oxygen atoms in total. The first-order valence-corrected chi connectivity index (χ1v) is 6.88. The number of aliphatic hydroxyl groups is 1. The topological polar surface area (TPSA) is 20.2 Å². The van der Waals surface area contributed by atoms with Crippen LogP contribution in [0.4, 0.5) is 0 Å². The lowest BCUT2D eigenvalue weighted by Gasteiger charge is -2.73. The Morgan fingerprint density at radius 2 is 0.941 bits per heavy atom. The van der Waals surface area contributed by atoms with E-state index in [1.165, 1.54) is 0 Å². The van der Waals surface area contributed by atoms with E-state index in [1.807, 2.05) is 7.85 Å². The van der Waals surface area contributed by atoms with Gasteiger partial charge in [0.2, 0.25) is 0 Å². The van der Waals surface area contributed by atoms with Crippen molar-refractivity contribution in [3.63, 3.8) is 0 Å². The Labute approximate surface area is 115 Å². The molecule has 1 rings (SSSR count). The van der Waals surface area contributed by atoms with Crippen LogP contribution in [0.5, 0.6) is 0 Å². The molecule has 0 aromatic rings. The average molecular weight is 221 g/mol. The fourth-order valence-corrected chi connectivity index (χ4v) is 4.02. The third-order valence-corrected chi connectivity index (χ3v) is 7.82. The van der Waals surface area contributed by atoms with Crippen LogP contribution in [0.3, 0.4) is 0 Å². The van der Waals surface area contributed by atoms with Crippen LogP contribution in [-0.2, 0) is 0 Å². The Morgan fingerprint density at radius 3 is 1.18 bits per heavy atom. The lowest BCUT2D eigenvalue weighted by Crippen LogP contribution is -2.70. The lowest BCUT2D eigenvalue weighted by molar-refractivity contribution is 0.0260. The summed E-state index contributed by atoms with van der Waals surface area (Å²) in [4.78, 5) is 0. The Bertz CT molecular complexity index is 304. The monoisotopic (exact) mass is 222 g/mol. The van der Waals surface area contributed by atoms with E-state index in [2.05, 4.69) is 69.7 Å². The minimum atomic E-state index is -0.681. The Morgan fingerprint density at radius 1 is 0.706 bits per heavy atom. The summed E-state index contributed by atoms with van der Waals surface area (Å²) < 4.78 is 0. The summed E-state index contributed by atoms with van der Waals surface area (Å²) in [6, 6.07) is 0. The third-order valence-electron chi connectivity index (χ3n) is 7.82. The van der Waals surface area contributed by atoms with Crippen molar-refractivity contribution >= 4 is 70.6 Å². The van der Waals surface area contributed by atoms with Gasteiger partial charge in [0, 0.05) is 5.50 Å². The van der Waals surface area contributed by atoms with Gasteiger partial charge in [0.05, 0.1) is 31.4 Å². The van der Waals surface area contributed by atoms with Gasteiger partial charge in [0.15, 0.2) is 0 Å². The average Bonchev–Trinajstić information content (AvgIpc) is 2.13. The zero-order valence-electron chi connectivity index (χ0n) is 13.5. The van der Waals surface area contributed by atoms with Gasteiger partial charge in [-0.2, -0.15) is 0 Å². The Kier molecular flexibility index (Phi) is 3.26. The highest BCUT2D eigenvalue weighted by Gasteiger charge is 2.66. The van der Waals surface area contributed by atoms with E-state index in [-0.39, 0.29) is 20.9 Å². The highest BCUT2D eigenvalue weighted by molar-refractivity contribution is 6.64. The van der Waals surface area contributed by atoms with Gasteiger partial charge in [-0.05, 0) is 0 Å². The fourth-order valence-electron chi connectivity index (χ4n) is 4.02. The smallest absolute Gasteiger partial charge is 0.140 e. The molecule has 1 aliphatic carbocycles. The summed E-state index contributed by atoms with van der Waals surface area (Å²) in [5.41, 5.74) is -0.681. The molecule has 0 aromatic carbocycles. The predicted octanol–water partition coefficient (Wildman–Crippen LogP) is -7.51. The molecule has 0 bridgehead atoms. The summed E-state index contributed by atoms with van der Waals surface area (Å²) in [5.74, 6) is 0.556. The summed E-state index contributed by atoms with van der Waals surface area (Å²) in [5, 5.41) is 11.2. The van der Waals surface area contributed by atoms with Crippen molar-refractivity contribution in [2.75, 3.05) is 0 Å². The minimum Gasteiger partial charge on any atom is -0.401 e. The van der Waals surface area contributed by atoms with E-state index in [4.69, 9.17) is 0 Å². The first-order valence-electron chi connectivity index (χ1n) is 6.88. The maximum atomic E-state index is 11.2. The van der Waals surface area contributed by atoms with Gasteiger partial charge in [-0.3, -0.25) is 0 Å². The van der Waals surface area contributed by atoms with E-state index in [1.54, 1.807) is 0 Å². The van der Waals surface area contributed by atoms with Crippen LogP contribution in [0, 0.1) is 5.92 Å². The second-order valence-electron chi connectivity index (χ2n) is 8.49. The van der Waals surface area contributed by atoms with Gasteiger partial charge in [0.25, 0.3) is 0 Å². The minimum absolute atomic E-state index is 0.107. The fraction of sp³-hybridized carbons (Fsp3) is 1.00. The van der Waals surface area contributed by atoms with Crippen molar-refractivity contribution < 1.29 is 5.11 Å². The van der Waals surface area contributed by atoms with Crippen molar-refractivity contribution in [3.05, 3.63) is 0 Å². The zero-order valence-corrected chi connectivity index (χ0v) is 13.5. The van der Waals surface area contributed by atoms with Gasteiger partial charge >= 0.3 is 0 Å². The third kappa shape index (κ3) is 1.49. The molecular formula is C7H23B9O. The van der Waals surface area contributed by atoms with Gasteiger partial charge in [-0.15, -0.1) is 0 Å². The highest BCUT2D eigenvalue weighted by atomic mass is 16.3. The molecule has 17 heavy (non-hydrogen) atoms. The van der Waals surface area contributed by atoms with Crippen LogP contribution in [0.15, 0.2) is 0 Å². The maximum Gasteiger partial charge on any atom is 0.140 e. The summed E-state index contributed by atoms with van der Waals surface area (Å²) >= 11 is 0. The van der Waals surface area contributed by atoms with Crippen molar-refractivity contribution in [2.45, 2.75) is 33.3 Å². The summed E-state index contributed by atoms with van der Waals surface area (Å²) in [6.45, 7) is 2.35. The molecule has 0 spiro atoms. The molecule has 0 amide bonds. The molecule has 0 aliphatic heterocycles. The zero-order chi connectivity index (χ0) is 14.1. The van der Waals surface area contributed by atoms with E-state index < -0.39 is 5.50 Å². The molecule has 84 valence electrons. The van der Waals surface area contributed by atoms with Crippen molar-refractivity contribution in [2.24, 2.45) is 5.92 Å². The molecule has 10 heteroatoms. The molecule has 0 unspecified atom stereocenters. The van der Waals surface area contributed by atoms with Gasteiger partial charge in [0.1, 0.15) is 39.2 Å². The van der Waals surface area contributed by atoms with Crippen LogP contribution < -0.4 is 0 Å².